The van der Waals surface area contributed by atoms with Gasteiger partial charge in [-0.1, -0.05) is 18.2 Å². The van der Waals surface area contributed by atoms with Crippen molar-refractivity contribution >= 4 is 31.8 Å². The molecule has 2 heterocycles. The Morgan fingerprint density at radius 1 is 0.789 bits per heavy atom. The Balaban J connectivity index is 0.000000211. The summed E-state index contributed by atoms with van der Waals surface area (Å²) in [5.41, 5.74) is -1.62. The van der Waals surface area contributed by atoms with Crippen molar-refractivity contribution in [2.24, 2.45) is 5.14 Å². The molecule has 6 N–H and O–H groups in total. The lowest BCUT2D eigenvalue weighted by atomic mass is 10.3. The number of sulfone groups is 1. The Hall–Kier alpha value is -4.74. The Morgan fingerprint density at radius 3 is 1.82 bits per heavy atom. The van der Waals surface area contributed by atoms with Gasteiger partial charge in [0.25, 0.3) is 11.1 Å². The second-order valence-electron chi connectivity index (χ2n) is 7.58. The number of primary sulfonamides is 1. The fourth-order valence-corrected chi connectivity index (χ4v) is 4.55. The number of para-hydroxylation sites is 1. The van der Waals surface area contributed by atoms with Gasteiger partial charge in [-0.05, 0) is 30.3 Å². The zero-order valence-corrected chi connectivity index (χ0v) is 20.9. The van der Waals surface area contributed by atoms with Crippen LogP contribution >= 0.6 is 0 Å². The smallest absolute Gasteiger partial charge is 0.353 e. The van der Waals surface area contributed by atoms with E-state index in [4.69, 9.17) is 15.4 Å². The van der Waals surface area contributed by atoms with Gasteiger partial charge in [-0.2, -0.15) is 0 Å². The number of carboxylic acid groups (broad SMARTS) is 2. The number of benzene rings is 2. The number of aromatic carboxylic acids is 2. The minimum absolute atomic E-state index is 0.0594. The van der Waals surface area contributed by atoms with Crippen LogP contribution in [0.15, 0.2) is 80.0 Å². The first-order valence-corrected chi connectivity index (χ1v) is 13.6. The lowest BCUT2D eigenvalue weighted by Gasteiger charge is -2.07. The first-order valence-electron chi connectivity index (χ1n) is 10.1. The Labute approximate surface area is 213 Å². The second-order valence-corrected chi connectivity index (χ2v) is 11.1. The molecular weight excluding hydrogens is 546 g/mol. The van der Waals surface area contributed by atoms with Crippen LogP contribution in [0.1, 0.15) is 21.0 Å². The minimum atomic E-state index is -3.90. The molecule has 2 aromatic heterocycles. The predicted octanol–water partition coefficient (Wildman–Crippen LogP) is -0.221. The Bertz CT molecular complexity index is 1880. The van der Waals surface area contributed by atoms with E-state index in [9.17, 15) is 36.0 Å². The first-order chi connectivity index (χ1) is 17.6. The van der Waals surface area contributed by atoms with Crippen molar-refractivity contribution in [3.63, 3.8) is 0 Å². The number of hydrogen-bond acceptors (Lipinski definition) is 8. The molecule has 0 amide bonds. The zero-order chi connectivity index (χ0) is 28.4. The molecule has 0 spiro atoms. The van der Waals surface area contributed by atoms with Crippen LogP contribution in [0.3, 0.4) is 0 Å². The summed E-state index contributed by atoms with van der Waals surface area (Å²) in [7, 11) is -7.44. The summed E-state index contributed by atoms with van der Waals surface area (Å²) >= 11 is 0. The number of nitrogens with one attached hydrogen (secondary N) is 2. The monoisotopic (exact) mass is 565 g/mol. The molecule has 0 aliphatic rings. The average molecular weight is 566 g/mol. The van der Waals surface area contributed by atoms with Crippen molar-refractivity contribution < 1.29 is 36.6 Å². The van der Waals surface area contributed by atoms with Gasteiger partial charge in [0.05, 0.1) is 21.2 Å². The molecule has 0 saturated heterocycles. The lowest BCUT2D eigenvalue weighted by molar-refractivity contribution is 0.0679. The molecule has 15 nitrogen and oxygen atoms in total. The normalized spacial score (nSPS) is 11.4. The number of aromatic nitrogens is 4. The summed E-state index contributed by atoms with van der Waals surface area (Å²) in [5.74, 6) is -2.59. The molecule has 0 aliphatic carbocycles. The fraction of sp³-hybridized carbons (Fsp3) is 0.0476. The maximum atomic E-state index is 11.7. The van der Waals surface area contributed by atoms with E-state index in [-0.39, 0.29) is 32.6 Å². The second kappa shape index (κ2) is 10.3. The number of nitrogens with two attached hydrogens (primary N) is 1. The van der Waals surface area contributed by atoms with Crippen molar-refractivity contribution in [2.45, 2.75) is 9.79 Å². The van der Waals surface area contributed by atoms with Gasteiger partial charge in [-0.15, -0.1) is 0 Å². The molecule has 0 saturated carbocycles. The molecule has 4 aromatic rings. The van der Waals surface area contributed by atoms with Gasteiger partial charge in [0.1, 0.15) is 11.4 Å². The van der Waals surface area contributed by atoms with Crippen molar-refractivity contribution in [3.8, 4) is 11.4 Å². The van der Waals surface area contributed by atoms with Gasteiger partial charge < -0.3 is 10.2 Å². The molecule has 200 valence electrons. The largest absolute Gasteiger partial charge is 0.477 e. The standard InChI is InChI=1S/C11H10N2O5S.C10H9N3O5S/c1-19(17,18)9-5-3-2-4-8(9)13-10(14)6-7(12-13)11(15)16;11-19(17,18)7-3-1-2-6(4-7)13-9(14)5-8(12-13)10(15)16/h2-6,12H,1H3,(H,15,16);1-5,12H,(H,15,16)(H2,11,17,18). The van der Waals surface area contributed by atoms with E-state index >= 15 is 0 Å². The van der Waals surface area contributed by atoms with E-state index in [0.717, 1.165) is 27.8 Å². The molecule has 2 aromatic carbocycles. The summed E-state index contributed by atoms with van der Waals surface area (Å²) in [6, 6.07) is 12.9. The van der Waals surface area contributed by atoms with Crippen LogP contribution in [0.25, 0.3) is 11.4 Å². The predicted molar refractivity (Wildman–Crippen MR) is 131 cm³/mol. The number of rotatable bonds is 6. The maximum absolute atomic E-state index is 11.7. The van der Waals surface area contributed by atoms with E-state index in [1.807, 2.05) is 0 Å². The third-order valence-electron chi connectivity index (χ3n) is 4.81. The number of carbonyl (C=O) groups is 2. The number of sulfonamides is 1. The van der Waals surface area contributed by atoms with Crippen LogP contribution in [0, 0.1) is 0 Å². The van der Waals surface area contributed by atoms with Gasteiger partial charge in [0, 0.05) is 18.4 Å². The van der Waals surface area contributed by atoms with Gasteiger partial charge >= 0.3 is 11.9 Å². The van der Waals surface area contributed by atoms with Crippen molar-refractivity contribution in [2.75, 3.05) is 6.26 Å². The summed E-state index contributed by atoms with van der Waals surface area (Å²) in [6.45, 7) is 0. The summed E-state index contributed by atoms with van der Waals surface area (Å²) < 4.78 is 47.5. The van der Waals surface area contributed by atoms with Crippen LogP contribution in [0.2, 0.25) is 0 Å². The molecule has 0 unspecified atom stereocenters. The van der Waals surface area contributed by atoms with Crippen molar-refractivity contribution in [1.29, 1.82) is 0 Å². The molecular formula is C21H19N5O10S2. The van der Waals surface area contributed by atoms with Crippen LogP contribution < -0.4 is 16.3 Å². The van der Waals surface area contributed by atoms with Crippen molar-refractivity contribution in [1.82, 2.24) is 19.6 Å². The topological polar surface area (TPSA) is 244 Å². The van der Waals surface area contributed by atoms with E-state index in [0.29, 0.717) is 0 Å². The third kappa shape index (κ3) is 6.14. The van der Waals surface area contributed by atoms with Gasteiger partial charge in [0.15, 0.2) is 9.84 Å². The summed E-state index contributed by atoms with van der Waals surface area (Å²) in [5, 5.41) is 27.2. The molecule has 0 radical (unpaired) electrons. The summed E-state index contributed by atoms with van der Waals surface area (Å²) in [4.78, 5) is 44.6. The molecule has 0 atom stereocenters. The minimum Gasteiger partial charge on any atom is -0.477 e. The maximum Gasteiger partial charge on any atom is 0.353 e. The molecule has 0 fully saturated rings. The van der Waals surface area contributed by atoms with Gasteiger partial charge in [-0.25, -0.2) is 40.9 Å². The molecule has 0 bridgehead atoms. The SMILES string of the molecule is CS(=O)(=O)c1ccccc1-n1[nH]c(C(=O)O)cc1=O.NS(=O)(=O)c1cccc(-n2[nH]c(C(=O)O)cc2=O)c1. The van der Waals surface area contributed by atoms with Crippen molar-refractivity contribution in [3.05, 3.63) is 92.8 Å². The Kier molecular flexibility index (Phi) is 7.56. The molecule has 38 heavy (non-hydrogen) atoms. The summed E-state index contributed by atoms with van der Waals surface area (Å²) in [6.07, 6.45) is 1.01. The van der Waals surface area contributed by atoms with Gasteiger partial charge in [-0.3, -0.25) is 19.8 Å². The van der Waals surface area contributed by atoms with E-state index < -0.39 is 42.9 Å². The molecule has 17 heteroatoms. The highest BCUT2D eigenvalue weighted by atomic mass is 32.2. The Morgan fingerprint density at radius 2 is 1.32 bits per heavy atom. The average Bonchev–Trinajstić information content (AvgIpc) is 3.41. The van der Waals surface area contributed by atoms with E-state index in [1.54, 1.807) is 6.07 Å². The van der Waals surface area contributed by atoms with E-state index in [1.165, 1.54) is 42.5 Å². The highest BCUT2D eigenvalue weighted by Crippen LogP contribution is 2.18. The number of nitrogens with zero attached hydrogens (tertiary/aromatic N) is 2. The fourth-order valence-electron chi connectivity index (χ4n) is 3.14. The van der Waals surface area contributed by atoms with Crippen LogP contribution in [0.5, 0.6) is 0 Å². The number of hydrogen-bond donors (Lipinski definition) is 5. The molecule has 0 aliphatic heterocycles. The van der Waals surface area contributed by atoms with Crippen LogP contribution in [-0.2, 0) is 19.9 Å². The van der Waals surface area contributed by atoms with Crippen LogP contribution in [0.4, 0.5) is 0 Å². The third-order valence-corrected chi connectivity index (χ3v) is 6.87. The number of carboxylic acids is 2. The highest BCUT2D eigenvalue weighted by molar-refractivity contribution is 7.90. The number of aromatic amines is 2. The number of H-pyrrole nitrogens is 2. The van der Waals surface area contributed by atoms with Gasteiger partial charge in [0.2, 0.25) is 10.0 Å². The lowest BCUT2D eigenvalue weighted by Crippen LogP contribution is -2.16. The highest BCUT2D eigenvalue weighted by Gasteiger charge is 2.18. The van der Waals surface area contributed by atoms with E-state index in [2.05, 4.69) is 10.2 Å². The zero-order valence-electron chi connectivity index (χ0n) is 19.2. The first kappa shape index (κ1) is 27.8. The quantitative estimate of drug-likeness (QED) is 0.206. The molecule has 4 rings (SSSR count). The van der Waals surface area contributed by atoms with Crippen LogP contribution in [-0.4, -0.2) is 64.8 Å².